The van der Waals surface area contributed by atoms with Crippen LogP contribution < -0.4 is 9.47 Å². The molecule has 0 saturated carbocycles. The molecule has 2 aromatic heterocycles. The first kappa shape index (κ1) is 16.5. The molecular formula is C19H22N4O3. The van der Waals surface area contributed by atoms with E-state index in [0.717, 1.165) is 53.6 Å². The van der Waals surface area contributed by atoms with Crippen molar-refractivity contribution in [1.29, 1.82) is 0 Å². The second kappa shape index (κ2) is 6.40. The van der Waals surface area contributed by atoms with Gasteiger partial charge in [-0.3, -0.25) is 9.78 Å². The standard InChI is InChI=1S/C19H22N4O3/c1-11-19(12(2)23(22-11)10-13-9-18(24)21-20-13)26-17-8-7-16(25-3)14-5-4-6-15(14)17/h7-9H,4-6,10H2,1-3H3,(H2,20,21,24). The summed E-state index contributed by atoms with van der Waals surface area (Å²) >= 11 is 0. The smallest absolute Gasteiger partial charge is 0.230 e. The normalized spacial score (nSPS) is 13.0. The number of aromatic hydroxyl groups is 1. The van der Waals surface area contributed by atoms with Crippen LogP contribution >= 0.6 is 0 Å². The van der Waals surface area contributed by atoms with Crippen LogP contribution in [0.4, 0.5) is 0 Å². The summed E-state index contributed by atoms with van der Waals surface area (Å²) in [6, 6.07) is 5.54. The number of nitrogens with zero attached hydrogens (tertiary/aromatic N) is 3. The van der Waals surface area contributed by atoms with Gasteiger partial charge >= 0.3 is 0 Å². The third-order valence-corrected chi connectivity index (χ3v) is 4.88. The van der Waals surface area contributed by atoms with Crippen LogP contribution in [0.3, 0.4) is 0 Å². The van der Waals surface area contributed by atoms with E-state index in [1.54, 1.807) is 13.2 Å². The van der Waals surface area contributed by atoms with Gasteiger partial charge in [0.15, 0.2) is 5.75 Å². The van der Waals surface area contributed by atoms with Crippen molar-refractivity contribution in [3.05, 3.63) is 46.4 Å². The number of rotatable bonds is 5. The lowest BCUT2D eigenvalue weighted by molar-refractivity contribution is 0.408. The second-order valence-electron chi connectivity index (χ2n) is 6.59. The summed E-state index contributed by atoms with van der Waals surface area (Å²) in [7, 11) is 1.71. The summed E-state index contributed by atoms with van der Waals surface area (Å²) in [5.74, 6) is 2.57. The van der Waals surface area contributed by atoms with Crippen LogP contribution in [-0.4, -0.2) is 32.2 Å². The van der Waals surface area contributed by atoms with Gasteiger partial charge in [-0.2, -0.15) is 5.10 Å². The molecule has 1 aliphatic carbocycles. The SMILES string of the molecule is COc1ccc(Oc2c(C)nn(Cc3cc(O)n[nH]3)c2C)c2c1CCC2. The highest BCUT2D eigenvalue weighted by Gasteiger charge is 2.22. The van der Waals surface area contributed by atoms with Gasteiger partial charge in [0.2, 0.25) is 5.88 Å². The van der Waals surface area contributed by atoms with Gasteiger partial charge in [0, 0.05) is 17.2 Å². The molecule has 7 nitrogen and oxygen atoms in total. The first-order valence-corrected chi connectivity index (χ1v) is 8.70. The van der Waals surface area contributed by atoms with Gasteiger partial charge in [0.1, 0.15) is 17.2 Å². The molecule has 0 fully saturated rings. The zero-order chi connectivity index (χ0) is 18.3. The Morgan fingerprint density at radius 2 is 1.92 bits per heavy atom. The molecule has 136 valence electrons. The number of hydrogen-bond acceptors (Lipinski definition) is 5. The first-order chi connectivity index (χ1) is 12.6. The van der Waals surface area contributed by atoms with Crippen molar-refractivity contribution < 1.29 is 14.6 Å². The van der Waals surface area contributed by atoms with Crippen LogP contribution in [0.25, 0.3) is 0 Å². The fourth-order valence-electron chi connectivity index (χ4n) is 3.61. The molecule has 0 aliphatic heterocycles. The van der Waals surface area contributed by atoms with Crippen molar-refractivity contribution in [1.82, 2.24) is 20.0 Å². The summed E-state index contributed by atoms with van der Waals surface area (Å²) in [5.41, 5.74) is 5.02. The van der Waals surface area contributed by atoms with Crippen LogP contribution in [-0.2, 0) is 19.4 Å². The highest BCUT2D eigenvalue weighted by Crippen LogP contribution is 2.40. The van der Waals surface area contributed by atoms with Crippen LogP contribution in [0.2, 0.25) is 0 Å². The number of methoxy groups -OCH3 is 1. The predicted octanol–water partition coefficient (Wildman–Crippen LogP) is 3.27. The molecule has 1 aliphatic rings. The average molecular weight is 354 g/mol. The van der Waals surface area contributed by atoms with E-state index < -0.39 is 0 Å². The molecule has 3 aromatic rings. The van der Waals surface area contributed by atoms with Gasteiger partial charge in [-0.05, 0) is 45.2 Å². The number of fused-ring (bicyclic) bond motifs is 1. The summed E-state index contributed by atoms with van der Waals surface area (Å²) in [6.07, 6.45) is 3.14. The fraction of sp³-hybridized carbons (Fsp3) is 0.368. The van der Waals surface area contributed by atoms with E-state index >= 15 is 0 Å². The van der Waals surface area contributed by atoms with Crippen molar-refractivity contribution in [2.45, 2.75) is 39.7 Å². The second-order valence-corrected chi connectivity index (χ2v) is 6.59. The number of benzene rings is 1. The Kier molecular flexibility index (Phi) is 4.06. The maximum atomic E-state index is 9.38. The van der Waals surface area contributed by atoms with E-state index in [4.69, 9.17) is 9.47 Å². The van der Waals surface area contributed by atoms with E-state index in [2.05, 4.69) is 15.3 Å². The van der Waals surface area contributed by atoms with Gasteiger partial charge in [0.05, 0.1) is 25.0 Å². The minimum atomic E-state index is -0.0215. The Morgan fingerprint density at radius 3 is 2.62 bits per heavy atom. The third-order valence-electron chi connectivity index (χ3n) is 4.88. The molecule has 1 aromatic carbocycles. The maximum Gasteiger partial charge on any atom is 0.230 e. The number of aromatic amines is 1. The van der Waals surface area contributed by atoms with Crippen molar-refractivity contribution >= 4 is 0 Å². The molecule has 0 saturated heterocycles. The molecule has 0 unspecified atom stereocenters. The summed E-state index contributed by atoms with van der Waals surface area (Å²) < 4.78 is 13.6. The third kappa shape index (κ3) is 2.79. The van der Waals surface area contributed by atoms with Crippen LogP contribution in [0.1, 0.15) is 34.6 Å². The number of H-pyrrole nitrogens is 1. The Morgan fingerprint density at radius 1 is 1.19 bits per heavy atom. The summed E-state index contributed by atoms with van der Waals surface area (Å²) in [5, 5.41) is 20.5. The summed E-state index contributed by atoms with van der Waals surface area (Å²) in [6.45, 7) is 4.41. The number of hydrogen-bond donors (Lipinski definition) is 2. The fourth-order valence-corrected chi connectivity index (χ4v) is 3.61. The molecule has 7 heteroatoms. The largest absolute Gasteiger partial charge is 0.496 e. The Balaban J connectivity index is 1.64. The Hall–Kier alpha value is -2.96. The predicted molar refractivity (Wildman–Crippen MR) is 96.1 cm³/mol. The van der Waals surface area contributed by atoms with E-state index in [-0.39, 0.29) is 5.88 Å². The Bertz CT molecular complexity index is 958. The minimum Gasteiger partial charge on any atom is -0.496 e. The van der Waals surface area contributed by atoms with Gasteiger partial charge in [-0.1, -0.05) is 0 Å². The van der Waals surface area contributed by atoms with Gasteiger partial charge in [-0.25, -0.2) is 0 Å². The number of aryl methyl sites for hydroxylation is 1. The Labute approximate surface area is 151 Å². The zero-order valence-corrected chi connectivity index (χ0v) is 15.2. The van der Waals surface area contributed by atoms with Crippen LogP contribution in [0, 0.1) is 13.8 Å². The molecule has 2 heterocycles. The topological polar surface area (TPSA) is 85.2 Å². The first-order valence-electron chi connectivity index (χ1n) is 8.70. The van der Waals surface area contributed by atoms with E-state index in [9.17, 15) is 5.11 Å². The number of aromatic nitrogens is 4. The molecule has 0 spiro atoms. The molecule has 4 rings (SSSR count). The van der Waals surface area contributed by atoms with Gasteiger partial charge in [0.25, 0.3) is 0 Å². The van der Waals surface area contributed by atoms with E-state index in [1.807, 2.05) is 30.7 Å². The lowest BCUT2D eigenvalue weighted by atomic mass is 10.1. The number of nitrogens with one attached hydrogen (secondary N) is 1. The minimum absolute atomic E-state index is 0.0215. The van der Waals surface area contributed by atoms with Crippen molar-refractivity contribution in [2.24, 2.45) is 0 Å². The quantitative estimate of drug-likeness (QED) is 0.734. The van der Waals surface area contributed by atoms with Gasteiger partial charge < -0.3 is 14.6 Å². The number of ether oxygens (including phenoxy) is 2. The average Bonchev–Trinajstić information content (AvgIpc) is 3.32. The van der Waals surface area contributed by atoms with Crippen LogP contribution in [0.15, 0.2) is 18.2 Å². The van der Waals surface area contributed by atoms with Crippen molar-refractivity contribution in [3.8, 4) is 23.1 Å². The molecule has 2 N–H and O–H groups in total. The van der Waals surface area contributed by atoms with Gasteiger partial charge in [-0.15, -0.1) is 5.10 Å². The zero-order valence-electron chi connectivity index (χ0n) is 15.2. The highest BCUT2D eigenvalue weighted by atomic mass is 16.5. The maximum absolute atomic E-state index is 9.38. The molecule has 26 heavy (non-hydrogen) atoms. The summed E-state index contributed by atoms with van der Waals surface area (Å²) in [4.78, 5) is 0. The van der Waals surface area contributed by atoms with E-state index in [1.165, 1.54) is 11.1 Å². The lowest BCUT2D eigenvalue weighted by Gasteiger charge is -2.13. The van der Waals surface area contributed by atoms with Crippen LogP contribution in [0.5, 0.6) is 23.1 Å². The highest BCUT2D eigenvalue weighted by molar-refractivity contribution is 5.53. The molecular weight excluding hydrogens is 332 g/mol. The van der Waals surface area contributed by atoms with E-state index in [0.29, 0.717) is 6.54 Å². The monoisotopic (exact) mass is 354 g/mol. The van der Waals surface area contributed by atoms with Crippen molar-refractivity contribution in [3.63, 3.8) is 0 Å². The molecule has 0 atom stereocenters. The molecule has 0 radical (unpaired) electrons. The molecule has 0 amide bonds. The van der Waals surface area contributed by atoms with Crippen molar-refractivity contribution in [2.75, 3.05) is 7.11 Å². The lowest BCUT2D eigenvalue weighted by Crippen LogP contribution is -2.04. The molecule has 0 bridgehead atoms.